The van der Waals surface area contributed by atoms with Crippen molar-refractivity contribution < 1.29 is 9.21 Å². The predicted molar refractivity (Wildman–Crippen MR) is 43.5 cm³/mol. The maximum atomic E-state index is 11.1. The third-order valence-electron chi connectivity index (χ3n) is 1.47. The van der Waals surface area contributed by atoms with E-state index in [4.69, 9.17) is 4.42 Å². The van der Waals surface area contributed by atoms with E-state index in [9.17, 15) is 4.79 Å². The Hall–Kier alpha value is -0.900. The van der Waals surface area contributed by atoms with Gasteiger partial charge in [-0.3, -0.25) is 9.79 Å². The van der Waals surface area contributed by atoms with E-state index >= 15 is 0 Å². The molecule has 0 saturated heterocycles. The van der Waals surface area contributed by atoms with Gasteiger partial charge >= 0.3 is 0 Å². The largest absolute Gasteiger partial charge is 0.458 e. The molecular weight excluding hydrogens is 210 g/mol. The van der Waals surface area contributed by atoms with Crippen LogP contribution in [-0.4, -0.2) is 12.0 Å². The number of aliphatic imine (C=N–C) groups is 1. The maximum absolute atomic E-state index is 11.1. The Kier molecular flexibility index (Phi) is 1.42. The van der Waals surface area contributed by atoms with Crippen molar-refractivity contribution in [1.82, 2.24) is 0 Å². The number of hydrogen-bond donors (Lipinski definition) is 0. The Morgan fingerprint density at radius 2 is 2.45 bits per heavy atom. The van der Waals surface area contributed by atoms with E-state index in [2.05, 4.69) is 20.9 Å². The number of carbonyl (C=O) groups excluding carboxylic acids is 1. The number of ketones is 1. The highest BCUT2D eigenvalue weighted by molar-refractivity contribution is 9.10. The first-order valence-corrected chi connectivity index (χ1v) is 3.91. The van der Waals surface area contributed by atoms with Crippen molar-refractivity contribution in [2.75, 3.05) is 0 Å². The Balaban J connectivity index is 2.66. The fraction of sp³-hybridized carbons (Fsp3) is 0.143. The molecular formula is C7H4BrNO2. The molecule has 0 aromatic carbocycles. The highest BCUT2D eigenvalue weighted by Crippen LogP contribution is 2.33. The lowest BCUT2D eigenvalue weighted by Gasteiger charge is -1.99. The molecule has 0 atom stereocenters. The van der Waals surface area contributed by atoms with Gasteiger partial charge in [0, 0.05) is 12.6 Å². The minimum atomic E-state index is -0.0132. The molecule has 1 aromatic rings. The van der Waals surface area contributed by atoms with Crippen LogP contribution in [0.1, 0.15) is 17.0 Å². The summed E-state index contributed by atoms with van der Waals surface area (Å²) in [5.74, 6) is 0.347. The van der Waals surface area contributed by atoms with Crippen LogP contribution in [0, 0.1) is 0 Å². The maximum Gasteiger partial charge on any atom is 0.205 e. The van der Waals surface area contributed by atoms with E-state index in [1.165, 1.54) is 6.26 Å². The van der Waals surface area contributed by atoms with Crippen LogP contribution >= 0.6 is 15.9 Å². The van der Waals surface area contributed by atoms with Crippen molar-refractivity contribution >= 4 is 33.6 Å². The highest BCUT2D eigenvalue weighted by atomic mass is 79.9. The highest BCUT2D eigenvalue weighted by Gasteiger charge is 2.20. The van der Waals surface area contributed by atoms with Crippen LogP contribution < -0.4 is 0 Å². The first kappa shape index (κ1) is 6.79. The summed E-state index contributed by atoms with van der Waals surface area (Å²) in [6, 6.07) is 0. The third-order valence-corrected chi connectivity index (χ3v) is 2.03. The standard InChI is InChI=1S/C7H4BrNO2/c8-4-3-11-7-5(10)1-2-9-6(4)7/h2-3H,1H2. The number of rotatable bonds is 0. The monoisotopic (exact) mass is 213 g/mol. The molecule has 0 aliphatic carbocycles. The SMILES string of the molecule is O=C1CC=Nc2c(Br)coc21. The summed E-state index contributed by atoms with van der Waals surface area (Å²) < 4.78 is 5.72. The molecule has 0 bridgehead atoms. The summed E-state index contributed by atoms with van der Waals surface area (Å²) in [5, 5.41) is 0. The predicted octanol–water partition coefficient (Wildman–Crippen LogP) is 2.33. The molecule has 1 aliphatic heterocycles. The third kappa shape index (κ3) is 0.939. The van der Waals surface area contributed by atoms with Gasteiger partial charge in [-0.2, -0.15) is 0 Å². The molecule has 0 spiro atoms. The Bertz CT molecular complexity index is 340. The second kappa shape index (κ2) is 2.30. The second-order valence-electron chi connectivity index (χ2n) is 2.20. The Morgan fingerprint density at radius 3 is 3.18 bits per heavy atom. The van der Waals surface area contributed by atoms with Crippen LogP contribution in [0.4, 0.5) is 5.69 Å². The molecule has 1 aromatic heterocycles. The summed E-state index contributed by atoms with van der Waals surface area (Å²) in [7, 11) is 0. The van der Waals surface area contributed by atoms with Gasteiger partial charge in [-0.1, -0.05) is 0 Å². The van der Waals surface area contributed by atoms with Gasteiger partial charge in [0.05, 0.1) is 4.47 Å². The normalized spacial score (nSPS) is 15.2. The minimum absolute atomic E-state index is 0.0132. The summed E-state index contributed by atoms with van der Waals surface area (Å²) in [6.45, 7) is 0. The Labute approximate surface area is 71.2 Å². The van der Waals surface area contributed by atoms with E-state index in [-0.39, 0.29) is 5.78 Å². The molecule has 1 aliphatic rings. The summed E-state index contributed by atoms with van der Waals surface area (Å²) in [6.07, 6.45) is 3.41. The number of fused-ring (bicyclic) bond motifs is 1. The quantitative estimate of drug-likeness (QED) is 0.664. The van der Waals surface area contributed by atoms with Crippen molar-refractivity contribution in [1.29, 1.82) is 0 Å². The number of hydrogen-bond acceptors (Lipinski definition) is 3. The van der Waals surface area contributed by atoms with Crippen molar-refractivity contribution in [2.45, 2.75) is 6.42 Å². The molecule has 2 heterocycles. The van der Waals surface area contributed by atoms with Gasteiger partial charge in [0.2, 0.25) is 5.78 Å². The van der Waals surface area contributed by atoms with Gasteiger partial charge in [-0.15, -0.1) is 0 Å². The van der Waals surface area contributed by atoms with Crippen molar-refractivity contribution in [3.05, 3.63) is 16.5 Å². The lowest BCUT2D eigenvalue weighted by molar-refractivity contribution is 0.0974. The summed E-state index contributed by atoms with van der Waals surface area (Å²) >= 11 is 3.22. The Morgan fingerprint density at radius 1 is 1.64 bits per heavy atom. The molecule has 0 radical (unpaired) electrons. The van der Waals surface area contributed by atoms with Crippen LogP contribution in [0.15, 0.2) is 20.1 Å². The lowest BCUT2D eigenvalue weighted by Crippen LogP contribution is -2.01. The van der Waals surface area contributed by atoms with E-state index in [0.29, 0.717) is 17.9 Å². The zero-order valence-electron chi connectivity index (χ0n) is 5.50. The van der Waals surface area contributed by atoms with E-state index in [1.54, 1.807) is 6.21 Å². The number of Topliss-reactive ketones (excluding diaryl/α,β-unsaturated/α-hetero) is 1. The topological polar surface area (TPSA) is 42.6 Å². The molecule has 11 heavy (non-hydrogen) atoms. The number of nitrogens with zero attached hydrogens (tertiary/aromatic N) is 1. The number of halogens is 1. The molecule has 0 fully saturated rings. The van der Waals surface area contributed by atoms with Gasteiger partial charge in [-0.25, -0.2) is 0 Å². The molecule has 56 valence electrons. The second-order valence-corrected chi connectivity index (χ2v) is 3.05. The fourth-order valence-corrected chi connectivity index (χ4v) is 1.34. The first-order chi connectivity index (χ1) is 5.29. The smallest absolute Gasteiger partial charge is 0.205 e. The molecule has 0 amide bonds. The minimum Gasteiger partial charge on any atom is -0.458 e. The summed E-state index contributed by atoms with van der Waals surface area (Å²) in [5.41, 5.74) is 0.612. The fourth-order valence-electron chi connectivity index (χ4n) is 0.961. The molecule has 2 rings (SSSR count). The van der Waals surface area contributed by atoms with Gasteiger partial charge < -0.3 is 4.42 Å². The molecule has 0 saturated carbocycles. The first-order valence-electron chi connectivity index (χ1n) is 3.12. The molecule has 3 nitrogen and oxygen atoms in total. The lowest BCUT2D eigenvalue weighted by atomic mass is 10.2. The van der Waals surface area contributed by atoms with E-state index in [0.717, 1.165) is 4.47 Å². The average molecular weight is 214 g/mol. The van der Waals surface area contributed by atoms with Crippen molar-refractivity contribution in [3.63, 3.8) is 0 Å². The molecule has 0 unspecified atom stereocenters. The van der Waals surface area contributed by atoms with Crippen LogP contribution in [0.25, 0.3) is 0 Å². The van der Waals surface area contributed by atoms with Gasteiger partial charge in [-0.05, 0) is 15.9 Å². The van der Waals surface area contributed by atoms with Crippen molar-refractivity contribution in [2.24, 2.45) is 4.99 Å². The van der Waals surface area contributed by atoms with Gasteiger partial charge in [0.25, 0.3) is 0 Å². The zero-order chi connectivity index (χ0) is 7.84. The van der Waals surface area contributed by atoms with E-state index < -0.39 is 0 Å². The summed E-state index contributed by atoms with van der Waals surface area (Å²) in [4.78, 5) is 15.1. The van der Waals surface area contributed by atoms with Crippen LogP contribution in [0.3, 0.4) is 0 Å². The molecule has 4 heteroatoms. The van der Waals surface area contributed by atoms with Crippen LogP contribution in [-0.2, 0) is 0 Å². The van der Waals surface area contributed by atoms with Crippen LogP contribution in [0.5, 0.6) is 0 Å². The number of furan rings is 1. The number of carbonyl (C=O) groups is 1. The average Bonchev–Trinajstić information content (AvgIpc) is 2.35. The molecule has 0 N–H and O–H groups in total. The van der Waals surface area contributed by atoms with Gasteiger partial charge in [0.1, 0.15) is 12.0 Å². The van der Waals surface area contributed by atoms with Crippen molar-refractivity contribution in [3.8, 4) is 0 Å². The van der Waals surface area contributed by atoms with E-state index in [1.807, 2.05) is 0 Å². The van der Waals surface area contributed by atoms with Gasteiger partial charge in [0.15, 0.2) is 5.76 Å². The van der Waals surface area contributed by atoms with Crippen LogP contribution in [0.2, 0.25) is 0 Å². The zero-order valence-corrected chi connectivity index (χ0v) is 7.09.